The van der Waals surface area contributed by atoms with Gasteiger partial charge in [-0.2, -0.15) is 50.5 Å². The molecule has 0 N–H and O–H groups in total. The predicted molar refractivity (Wildman–Crippen MR) is 225 cm³/mol. The van der Waals surface area contributed by atoms with Crippen LogP contribution in [-0.2, 0) is 25.7 Å². The van der Waals surface area contributed by atoms with Crippen LogP contribution in [0, 0.1) is 0 Å². The standard InChI is InChI=1S/C40H50OS6/c1-3-5-11-33-29(15-9-19-39(33)46)31-13-7-17-37(35(31)25-27(44)21-23-42)41-38-18-8-14-32(36(38)26-28(45)22-24-43)30-16-10-20-40(47)34(30)12-6-4-2/h7-10,13-20,27-28,42-47H,3-6,11-12,21-26H2,1-2H3. The van der Waals surface area contributed by atoms with Gasteiger partial charge in [0, 0.05) is 31.4 Å². The Hall–Kier alpha value is -1.22. The normalized spacial score (nSPS) is 12.7. The Labute approximate surface area is 316 Å². The summed E-state index contributed by atoms with van der Waals surface area (Å²) in [6, 6.07) is 25.8. The second-order valence-corrected chi connectivity index (χ2v) is 15.5. The van der Waals surface area contributed by atoms with E-state index in [9.17, 15) is 0 Å². The minimum Gasteiger partial charge on any atom is -0.457 e. The number of hydrogen-bond donors (Lipinski definition) is 6. The zero-order chi connectivity index (χ0) is 33.8. The fourth-order valence-corrected chi connectivity index (χ4v) is 8.52. The number of unbranched alkanes of at least 4 members (excludes halogenated alkanes) is 2. The van der Waals surface area contributed by atoms with Gasteiger partial charge in [0.05, 0.1) is 0 Å². The number of benzene rings is 4. The highest BCUT2D eigenvalue weighted by Crippen LogP contribution is 2.42. The van der Waals surface area contributed by atoms with Crippen molar-refractivity contribution < 1.29 is 4.74 Å². The fourth-order valence-electron chi connectivity index (χ4n) is 6.23. The highest BCUT2D eigenvalue weighted by molar-refractivity contribution is 7.82. The maximum Gasteiger partial charge on any atom is 0.131 e. The Morgan fingerprint density at radius 2 is 0.894 bits per heavy atom. The summed E-state index contributed by atoms with van der Waals surface area (Å²) in [5.74, 6) is 3.30. The molecule has 0 aliphatic heterocycles. The molecule has 1 nitrogen and oxygen atoms in total. The minimum atomic E-state index is 0.150. The maximum atomic E-state index is 7.08. The van der Waals surface area contributed by atoms with Gasteiger partial charge < -0.3 is 4.74 Å². The lowest BCUT2D eigenvalue weighted by atomic mass is 9.89. The number of hydrogen-bond acceptors (Lipinski definition) is 7. The Morgan fingerprint density at radius 1 is 0.532 bits per heavy atom. The third-order valence-electron chi connectivity index (χ3n) is 8.73. The molecule has 252 valence electrons. The van der Waals surface area contributed by atoms with Crippen LogP contribution in [0.15, 0.2) is 82.6 Å². The number of rotatable bonds is 18. The smallest absolute Gasteiger partial charge is 0.131 e. The average Bonchev–Trinajstić information content (AvgIpc) is 3.05. The van der Waals surface area contributed by atoms with E-state index in [0.29, 0.717) is 0 Å². The Balaban J connectivity index is 1.90. The molecule has 47 heavy (non-hydrogen) atoms. The lowest BCUT2D eigenvalue weighted by molar-refractivity contribution is 0.469. The fraction of sp³-hybridized carbons (Fsp3) is 0.400. The van der Waals surface area contributed by atoms with Gasteiger partial charge in [0.25, 0.3) is 0 Å². The zero-order valence-corrected chi connectivity index (χ0v) is 33.0. The third kappa shape index (κ3) is 10.4. The molecule has 2 atom stereocenters. The highest BCUT2D eigenvalue weighted by atomic mass is 32.1. The van der Waals surface area contributed by atoms with Crippen molar-refractivity contribution in [2.75, 3.05) is 11.5 Å². The molecular formula is C40H50OS6. The lowest BCUT2D eigenvalue weighted by Gasteiger charge is -2.23. The molecule has 0 amide bonds. The molecule has 0 saturated heterocycles. The van der Waals surface area contributed by atoms with Crippen LogP contribution in [0.2, 0.25) is 0 Å². The van der Waals surface area contributed by atoms with Crippen LogP contribution in [0.5, 0.6) is 11.5 Å². The van der Waals surface area contributed by atoms with Gasteiger partial charge in [-0.25, -0.2) is 0 Å². The van der Waals surface area contributed by atoms with Crippen molar-refractivity contribution in [2.24, 2.45) is 0 Å². The van der Waals surface area contributed by atoms with Crippen LogP contribution >= 0.6 is 75.8 Å². The molecule has 2 unspecified atom stereocenters. The first-order chi connectivity index (χ1) is 22.8. The third-order valence-corrected chi connectivity index (χ3v) is 11.0. The lowest BCUT2D eigenvalue weighted by Crippen LogP contribution is -2.10. The summed E-state index contributed by atoms with van der Waals surface area (Å²) in [4.78, 5) is 2.07. The van der Waals surface area contributed by atoms with Gasteiger partial charge in [-0.15, -0.1) is 25.3 Å². The van der Waals surface area contributed by atoms with E-state index in [0.717, 1.165) is 97.0 Å². The Bertz CT molecular complexity index is 1470. The second-order valence-electron chi connectivity index (χ2n) is 12.2. The van der Waals surface area contributed by atoms with E-state index in [2.05, 4.69) is 112 Å². The van der Waals surface area contributed by atoms with Crippen molar-refractivity contribution in [3.8, 4) is 33.8 Å². The van der Waals surface area contributed by atoms with Crippen LogP contribution in [0.4, 0.5) is 0 Å². The minimum absolute atomic E-state index is 0.150. The van der Waals surface area contributed by atoms with Crippen LogP contribution in [0.1, 0.15) is 74.6 Å². The van der Waals surface area contributed by atoms with E-state index in [1.54, 1.807) is 0 Å². The summed E-state index contributed by atoms with van der Waals surface area (Å²) < 4.78 is 7.08. The molecule has 0 aliphatic rings. The van der Waals surface area contributed by atoms with Crippen molar-refractivity contribution in [3.63, 3.8) is 0 Å². The van der Waals surface area contributed by atoms with Gasteiger partial charge in [0.15, 0.2) is 0 Å². The first-order valence-electron chi connectivity index (χ1n) is 16.9. The van der Waals surface area contributed by atoms with Crippen molar-refractivity contribution in [3.05, 3.63) is 95.1 Å². The van der Waals surface area contributed by atoms with Gasteiger partial charge in [-0.3, -0.25) is 0 Å². The van der Waals surface area contributed by atoms with Crippen LogP contribution in [0.3, 0.4) is 0 Å². The first kappa shape index (κ1) is 38.6. The molecule has 7 heteroatoms. The molecule has 0 radical (unpaired) electrons. The van der Waals surface area contributed by atoms with E-state index in [4.69, 9.17) is 55.3 Å². The summed E-state index contributed by atoms with van der Waals surface area (Å²) in [5, 5.41) is 0.299. The molecule has 4 rings (SSSR count). The first-order valence-corrected chi connectivity index (χ1v) is 20.1. The molecule has 0 aromatic heterocycles. The molecule has 0 bridgehead atoms. The van der Waals surface area contributed by atoms with Gasteiger partial charge >= 0.3 is 0 Å². The van der Waals surface area contributed by atoms with Crippen molar-refractivity contribution in [2.45, 2.75) is 98.3 Å². The van der Waals surface area contributed by atoms with Gasteiger partial charge in [-0.05, 0) is 121 Å². The van der Waals surface area contributed by atoms with Crippen molar-refractivity contribution in [1.82, 2.24) is 0 Å². The van der Waals surface area contributed by atoms with E-state index in [1.165, 1.54) is 44.5 Å². The largest absolute Gasteiger partial charge is 0.457 e. The number of thiol groups is 6. The van der Waals surface area contributed by atoms with Crippen LogP contribution in [0.25, 0.3) is 22.3 Å². The second kappa shape index (κ2) is 19.8. The molecule has 0 saturated carbocycles. The predicted octanol–water partition coefficient (Wildman–Crippen LogP) is 12.4. The quantitative estimate of drug-likeness (QED) is 0.0558. The van der Waals surface area contributed by atoms with E-state index >= 15 is 0 Å². The highest BCUT2D eigenvalue weighted by Gasteiger charge is 2.22. The van der Waals surface area contributed by atoms with Gasteiger partial charge in [-0.1, -0.05) is 75.2 Å². The van der Waals surface area contributed by atoms with Crippen LogP contribution in [-0.4, -0.2) is 22.0 Å². The summed E-state index contributed by atoms with van der Waals surface area (Å²) in [5.41, 5.74) is 9.74. The van der Waals surface area contributed by atoms with E-state index in [1.807, 2.05) is 0 Å². The number of ether oxygens (including phenoxy) is 1. The average molecular weight is 739 g/mol. The van der Waals surface area contributed by atoms with E-state index in [-0.39, 0.29) is 10.5 Å². The molecule has 0 heterocycles. The summed E-state index contributed by atoms with van der Waals surface area (Å²) in [6.45, 7) is 4.47. The summed E-state index contributed by atoms with van der Waals surface area (Å²) >= 11 is 28.9. The monoisotopic (exact) mass is 738 g/mol. The molecular weight excluding hydrogens is 689 g/mol. The SMILES string of the molecule is CCCCc1c(S)cccc1-c1cccc(Oc2cccc(-c3cccc(S)c3CCCC)c2CC(S)CCS)c1CC(S)CCS. The van der Waals surface area contributed by atoms with Crippen LogP contribution < -0.4 is 4.74 Å². The molecule has 0 fully saturated rings. The van der Waals surface area contributed by atoms with Gasteiger partial charge in [0.1, 0.15) is 11.5 Å². The molecule has 4 aromatic rings. The summed E-state index contributed by atoms with van der Waals surface area (Å²) in [7, 11) is 0. The zero-order valence-electron chi connectivity index (χ0n) is 27.7. The molecule has 0 aliphatic carbocycles. The van der Waals surface area contributed by atoms with Crippen molar-refractivity contribution >= 4 is 75.8 Å². The van der Waals surface area contributed by atoms with E-state index < -0.39 is 0 Å². The Morgan fingerprint density at radius 3 is 1.26 bits per heavy atom. The maximum absolute atomic E-state index is 7.08. The topological polar surface area (TPSA) is 9.23 Å². The summed E-state index contributed by atoms with van der Waals surface area (Å²) in [6.07, 6.45) is 9.82. The Kier molecular flexibility index (Phi) is 16.3. The molecule has 4 aromatic carbocycles. The molecule has 0 spiro atoms. The van der Waals surface area contributed by atoms with Gasteiger partial charge in [0.2, 0.25) is 0 Å². The van der Waals surface area contributed by atoms with Crippen molar-refractivity contribution in [1.29, 1.82) is 0 Å².